The monoisotopic (exact) mass is 265 g/mol. The molecule has 0 aromatic heterocycles. The summed E-state index contributed by atoms with van der Waals surface area (Å²) in [6, 6.07) is 6.62. The van der Waals surface area contributed by atoms with Crippen molar-refractivity contribution in [1.29, 1.82) is 0 Å². The highest BCUT2D eigenvalue weighted by molar-refractivity contribution is 7.99. The van der Waals surface area contributed by atoms with Crippen LogP contribution in [0.3, 0.4) is 0 Å². The van der Waals surface area contributed by atoms with Gasteiger partial charge in [-0.25, -0.2) is 4.39 Å². The Morgan fingerprint density at radius 2 is 2.22 bits per heavy atom. The number of benzene rings is 1. The van der Waals surface area contributed by atoms with E-state index in [4.69, 9.17) is 0 Å². The quantitative estimate of drug-likeness (QED) is 0.818. The zero-order chi connectivity index (χ0) is 12.5. The van der Waals surface area contributed by atoms with Crippen LogP contribution >= 0.6 is 11.8 Å². The van der Waals surface area contributed by atoms with Gasteiger partial charge in [-0.3, -0.25) is 4.79 Å². The van der Waals surface area contributed by atoms with E-state index < -0.39 is 0 Å². The maximum Gasteiger partial charge on any atom is 0.226 e. The molecule has 18 heavy (non-hydrogen) atoms. The zero-order valence-corrected chi connectivity index (χ0v) is 11.0. The normalized spacial score (nSPS) is 24.1. The summed E-state index contributed by atoms with van der Waals surface area (Å²) < 4.78 is 13.3. The van der Waals surface area contributed by atoms with Crippen LogP contribution in [-0.4, -0.2) is 23.1 Å². The van der Waals surface area contributed by atoms with Gasteiger partial charge in [0.2, 0.25) is 5.91 Å². The highest BCUT2D eigenvalue weighted by Crippen LogP contribution is 2.41. The molecule has 0 spiro atoms. The Balaban J connectivity index is 1.80. The van der Waals surface area contributed by atoms with E-state index in [1.54, 1.807) is 23.9 Å². The lowest BCUT2D eigenvalue weighted by molar-refractivity contribution is -0.138. The van der Waals surface area contributed by atoms with E-state index in [1.807, 2.05) is 11.0 Å². The van der Waals surface area contributed by atoms with Crippen molar-refractivity contribution >= 4 is 17.7 Å². The molecule has 4 heteroatoms. The number of thioether (sulfide) groups is 1. The average Bonchev–Trinajstić information content (AvgIpc) is 2.75. The third-order valence-corrected chi connectivity index (χ3v) is 5.02. The Kier molecular flexibility index (Phi) is 3.29. The molecule has 1 aliphatic heterocycles. The minimum atomic E-state index is -0.226. The fraction of sp³-hybridized carbons (Fsp3) is 0.500. The van der Waals surface area contributed by atoms with Crippen molar-refractivity contribution in [3.63, 3.8) is 0 Å². The van der Waals surface area contributed by atoms with Crippen molar-refractivity contribution in [3.8, 4) is 0 Å². The molecule has 1 heterocycles. The fourth-order valence-electron chi connectivity index (χ4n) is 2.52. The smallest absolute Gasteiger partial charge is 0.226 e. The molecule has 1 aromatic rings. The van der Waals surface area contributed by atoms with E-state index in [1.165, 1.54) is 12.5 Å². The van der Waals surface area contributed by atoms with E-state index in [2.05, 4.69) is 0 Å². The van der Waals surface area contributed by atoms with Gasteiger partial charge < -0.3 is 4.90 Å². The summed E-state index contributed by atoms with van der Waals surface area (Å²) >= 11 is 1.73. The summed E-state index contributed by atoms with van der Waals surface area (Å²) in [6.45, 7) is 0.793. The molecule has 1 aromatic carbocycles. The lowest BCUT2D eigenvalue weighted by atomic mass is 9.84. The van der Waals surface area contributed by atoms with Gasteiger partial charge in [-0.1, -0.05) is 18.6 Å². The van der Waals surface area contributed by atoms with Crippen molar-refractivity contribution in [1.82, 2.24) is 4.90 Å². The summed E-state index contributed by atoms with van der Waals surface area (Å²) in [7, 11) is 0. The molecule has 0 radical (unpaired) electrons. The summed E-state index contributed by atoms with van der Waals surface area (Å²) in [5.74, 6) is 1.20. The van der Waals surface area contributed by atoms with E-state index in [0.29, 0.717) is 0 Å². The van der Waals surface area contributed by atoms with E-state index >= 15 is 0 Å². The number of hydrogen-bond acceptors (Lipinski definition) is 2. The number of amides is 1. The van der Waals surface area contributed by atoms with Crippen molar-refractivity contribution in [3.05, 3.63) is 35.6 Å². The highest BCUT2D eigenvalue weighted by atomic mass is 32.2. The van der Waals surface area contributed by atoms with Gasteiger partial charge in [-0.05, 0) is 30.5 Å². The van der Waals surface area contributed by atoms with E-state index in [0.717, 1.165) is 30.7 Å². The Morgan fingerprint density at radius 3 is 2.89 bits per heavy atom. The van der Waals surface area contributed by atoms with Gasteiger partial charge in [0, 0.05) is 18.2 Å². The van der Waals surface area contributed by atoms with Gasteiger partial charge >= 0.3 is 0 Å². The fourth-order valence-corrected chi connectivity index (χ4v) is 3.78. The second-order valence-corrected chi connectivity index (χ2v) is 6.13. The third kappa shape index (κ3) is 2.14. The molecule has 2 fully saturated rings. The second kappa shape index (κ2) is 4.92. The molecule has 1 atom stereocenters. The maximum absolute atomic E-state index is 13.3. The van der Waals surface area contributed by atoms with Crippen LogP contribution in [0.5, 0.6) is 0 Å². The molecule has 0 bridgehead atoms. The third-order valence-electron chi connectivity index (χ3n) is 3.76. The Morgan fingerprint density at radius 1 is 1.39 bits per heavy atom. The predicted molar refractivity (Wildman–Crippen MR) is 70.7 cm³/mol. The molecule has 96 valence electrons. The van der Waals surface area contributed by atoms with Crippen LogP contribution in [0.4, 0.5) is 4.39 Å². The van der Waals surface area contributed by atoms with Gasteiger partial charge in [0.05, 0.1) is 0 Å². The van der Waals surface area contributed by atoms with Gasteiger partial charge in [-0.2, -0.15) is 0 Å². The highest BCUT2D eigenvalue weighted by Gasteiger charge is 2.36. The predicted octanol–water partition coefficient (Wildman–Crippen LogP) is 3.20. The molecular formula is C14H16FNOS. The number of carbonyl (C=O) groups excluding carboxylic acids is 1. The summed E-state index contributed by atoms with van der Waals surface area (Å²) in [5, 5.41) is 0.00815. The summed E-state index contributed by atoms with van der Waals surface area (Å²) in [6.07, 6.45) is 3.22. The molecule has 1 saturated carbocycles. The first-order chi connectivity index (χ1) is 8.75. The first-order valence-electron chi connectivity index (χ1n) is 6.43. The van der Waals surface area contributed by atoms with Gasteiger partial charge in [0.15, 0.2) is 0 Å². The lowest BCUT2D eigenvalue weighted by Crippen LogP contribution is -2.38. The van der Waals surface area contributed by atoms with Gasteiger partial charge in [0.1, 0.15) is 11.2 Å². The molecule has 1 aliphatic carbocycles. The van der Waals surface area contributed by atoms with Gasteiger partial charge in [-0.15, -0.1) is 11.8 Å². The molecule has 3 rings (SSSR count). The maximum atomic E-state index is 13.3. The minimum Gasteiger partial charge on any atom is -0.325 e. The Hall–Kier alpha value is -1.03. The van der Waals surface area contributed by atoms with Crippen LogP contribution in [0, 0.1) is 11.7 Å². The standard InChI is InChI=1S/C14H16FNOS/c15-12-6-2-5-11(9-12)14-16(7-8-18-14)13(17)10-3-1-4-10/h2,5-6,9-10,14H,1,3-4,7-8H2/t14-/m1/s1. The number of hydrogen-bond donors (Lipinski definition) is 0. The molecule has 1 saturated heterocycles. The van der Waals surface area contributed by atoms with Crippen molar-refractivity contribution in [2.45, 2.75) is 24.6 Å². The van der Waals surface area contributed by atoms with Crippen molar-refractivity contribution in [2.24, 2.45) is 5.92 Å². The number of rotatable bonds is 2. The van der Waals surface area contributed by atoms with Crippen LogP contribution in [-0.2, 0) is 4.79 Å². The summed E-state index contributed by atoms with van der Waals surface area (Å²) in [4.78, 5) is 14.2. The molecule has 0 N–H and O–H groups in total. The van der Waals surface area contributed by atoms with Crippen LogP contribution < -0.4 is 0 Å². The van der Waals surface area contributed by atoms with Crippen molar-refractivity contribution < 1.29 is 9.18 Å². The Labute approximate surface area is 111 Å². The zero-order valence-electron chi connectivity index (χ0n) is 10.1. The van der Waals surface area contributed by atoms with Crippen LogP contribution in [0.15, 0.2) is 24.3 Å². The summed E-state index contributed by atoms with van der Waals surface area (Å²) in [5.41, 5.74) is 0.908. The SMILES string of the molecule is O=C(C1CCC1)N1CCS[C@@H]1c1cccc(F)c1. The van der Waals surface area contributed by atoms with Crippen molar-refractivity contribution in [2.75, 3.05) is 12.3 Å². The van der Waals surface area contributed by atoms with Crippen LogP contribution in [0.25, 0.3) is 0 Å². The molecule has 2 aliphatic rings. The van der Waals surface area contributed by atoms with Gasteiger partial charge in [0.25, 0.3) is 0 Å². The van der Waals surface area contributed by atoms with E-state index in [-0.39, 0.29) is 23.0 Å². The lowest BCUT2D eigenvalue weighted by Gasteiger charge is -2.32. The Bertz CT molecular complexity index is 461. The molecular weight excluding hydrogens is 249 g/mol. The number of nitrogens with zero attached hydrogens (tertiary/aromatic N) is 1. The number of halogens is 1. The molecule has 2 nitrogen and oxygen atoms in total. The van der Waals surface area contributed by atoms with Crippen LogP contribution in [0.1, 0.15) is 30.2 Å². The van der Waals surface area contributed by atoms with Crippen LogP contribution in [0.2, 0.25) is 0 Å². The van der Waals surface area contributed by atoms with E-state index in [9.17, 15) is 9.18 Å². The number of carbonyl (C=O) groups is 1. The average molecular weight is 265 g/mol. The first kappa shape index (κ1) is 12.0. The molecule has 1 amide bonds. The molecule has 0 unspecified atom stereocenters. The largest absolute Gasteiger partial charge is 0.325 e. The topological polar surface area (TPSA) is 20.3 Å². The first-order valence-corrected chi connectivity index (χ1v) is 7.48. The minimum absolute atomic E-state index is 0.00815. The second-order valence-electron chi connectivity index (χ2n) is 4.94.